The molecule has 0 aromatic carbocycles. The van der Waals surface area contributed by atoms with Gasteiger partial charge in [-0.3, -0.25) is 4.90 Å². The zero-order valence-electron chi connectivity index (χ0n) is 11.1. The molecule has 1 rings (SSSR count). The summed E-state index contributed by atoms with van der Waals surface area (Å²) in [6, 6.07) is 1.34. The Labute approximate surface area is 106 Å². The summed E-state index contributed by atoms with van der Waals surface area (Å²) >= 11 is 0. The molecule has 1 aliphatic heterocycles. The number of methoxy groups -OCH3 is 1. The fourth-order valence-corrected chi connectivity index (χ4v) is 1.81. The van der Waals surface area contributed by atoms with Crippen molar-refractivity contribution < 1.29 is 19.1 Å². The molecule has 1 saturated heterocycles. The number of carbonyl (C=O) groups is 2. The molecule has 6 nitrogen and oxygen atoms in total. The minimum absolute atomic E-state index is 0.200. The Morgan fingerprint density at radius 1 is 1.39 bits per heavy atom. The van der Waals surface area contributed by atoms with E-state index >= 15 is 0 Å². The Morgan fingerprint density at radius 3 is 2.44 bits per heavy atom. The lowest BCUT2D eigenvalue weighted by Gasteiger charge is -2.27. The first-order chi connectivity index (χ1) is 8.28. The summed E-state index contributed by atoms with van der Waals surface area (Å²) in [5.74, 6) is -0.875. The second-order valence-electron chi connectivity index (χ2n) is 5.23. The van der Waals surface area contributed by atoms with Crippen LogP contribution in [0.25, 0.3) is 0 Å². The van der Waals surface area contributed by atoms with Gasteiger partial charge in [0.25, 0.3) is 0 Å². The number of likely N-dealkylation sites (tertiary alicyclic amines) is 1. The van der Waals surface area contributed by atoms with Crippen LogP contribution in [0.5, 0.6) is 0 Å². The number of ether oxygens (including phenoxy) is 2. The molecule has 2 atom stereocenters. The SMILES string of the molecule is COC(=O)[C@@H]1C[C@H](C#N)CN1C(=O)OC(C)(C)C. The highest BCUT2D eigenvalue weighted by Gasteiger charge is 2.42. The van der Waals surface area contributed by atoms with Crippen LogP contribution in [0.2, 0.25) is 0 Å². The highest BCUT2D eigenvalue weighted by molar-refractivity contribution is 5.82. The fourth-order valence-electron chi connectivity index (χ4n) is 1.81. The van der Waals surface area contributed by atoms with E-state index in [4.69, 9.17) is 10.00 Å². The van der Waals surface area contributed by atoms with Gasteiger partial charge in [-0.15, -0.1) is 0 Å². The van der Waals surface area contributed by atoms with Crippen molar-refractivity contribution in [2.75, 3.05) is 13.7 Å². The minimum atomic E-state index is -0.727. The molecule has 100 valence electrons. The number of esters is 1. The maximum absolute atomic E-state index is 11.9. The molecule has 1 aliphatic rings. The van der Waals surface area contributed by atoms with Crippen molar-refractivity contribution >= 4 is 12.1 Å². The van der Waals surface area contributed by atoms with E-state index in [1.54, 1.807) is 20.8 Å². The number of carbonyl (C=O) groups excluding carboxylic acids is 2. The summed E-state index contributed by atoms with van der Waals surface area (Å²) in [5, 5.41) is 8.89. The molecule has 0 unspecified atom stereocenters. The minimum Gasteiger partial charge on any atom is -0.467 e. The lowest BCUT2D eigenvalue weighted by molar-refractivity contribution is -0.145. The normalized spacial score (nSPS) is 23.4. The Morgan fingerprint density at radius 2 is 2.00 bits per heavy atom. The molecular formula is C12H18N2O4. The van der Waals surface area contributed by atoms with Crippen LogP contribution in [0.15, 0.2) is 0 Å². The first-order valence-electron chi connectivity index (χ1n) is 5.75. The summed E-state index contributed by atoms with van der Waals surface area (Å²) in [7, 11) is 1.26. The third kappa shape index (κ3) is 3.36. The third-order valence-corrected chi connectivity index (χ3v) is 2.58. The largest absolute Gasteiger partial charge is 0.467 e. The van der Waals surface area contributed by atoms with Crippen molar-refractivity contribution in [3.05, 3.63) is 0 Å². The quantitative estimate of drug-likeness (QED) is 0.659. The summed E-state index contributed by atoms with van der Waals surface area (Å²) in [5.41, 5.74) is -0.636. The maximum atomic E-state index is 11.9. The number of rotatable bonds is 1. The molecule has 1 fully saturated rings. The molecular weight excluding hydrogens is 236 g/mol. The van der Waals surface area contributed by atoms with Crippen LogP contribution in [0.4, 0.5) is 4.79 Å². The first-order valence-corrected chi connectivity index (χ1v) is 5.75. The molecule has 0 aromatic heterocycles. The van der Waals surface area contributed by atoms with Gasteiger partial charge in [-0.2, -0.15) is 5.26 Å². The van der Waals surface area contributed by atoms with Crippen LogP contribution in [0, 0.1) is 17.2 Å². The third-order valence-electron chi connectivity index (χ3n) is 2.58. The highest BCUT2D eigenvalue weighted by Crippen LogP contribution is 2.25. The van der Waals surface area contributed by atoms with Gasteiger partial charge < -0.3 is 9.47 Å². The molecule has 0 radical (unpaired) electrons. The summed E-state index contributed by atoms with van der Waals surface area (Å²) in [4.78, 5) is 24.8. The summed E-state index contributed by atoms with van der Waals surface area (Å²) in [6.07, 6.45) is -0.293. The van der Waals surface area contributed by atoms with Crippen molar-refractivity contribution in [2.45, 2.75) is 38.8 Å². The standard InChI is InChI=1S/C12H18N2O4/c1-12(2,3)18-11(16)14-7-8(6-13)5-9(14)10(15)17-4/h8-9H,5,7H2,1-4H3/t8-,9+/m1/s1. The van der Waals surface area contributed by atoms with E-state index in [2.05, 4.69) is 10.8 Å². The molecule has 0 saturated carbocycles. The molecule has 0 aromatic rings. The van der Waals surface area contributed by atoms with Gasteiger partial charge in [0.2, 0.25) is 0 Å². The van der Waals surface area contributed by atoms with Crippen LogP contribution in [0.1, 0.15) is 27.2 Å². The number of hydrogen-bond donors (Lipinski definition) is 0. The molecule has 0 N–H and O–H groups in total. The van der Waals surface area contributed by atoms with Gasteiger partial charge in [0.05, 0.1) is 19.1 Å². The molecule has 1 heterocycles. The lowest BCUT2D eigenvalue weighted by atomic mass is 10.1. The van der Waals surface area contributed by atoms with Crippen molar-refractivity contribution in [3.63, 3.8) is 0 Å². The Bertz CT molecular complexity index is 381. The predicted octanol–water partition coefficient (Wildman–Crippen LogP) is 1.31. The van der Waals surface area contributed by atoms with Crippen LogP contribution >= 0.6 is 0 Å². The summed E-state index contributed by atoms with van der Waals surface area (Å²) < 4.78 is 9.85. The zero-order valence-corrected chi connectivity index (χ0v) is 11.1. The van der Waals surface area contributed by atoms with E-state index in [0.29, 0.717) is 6.42 Å². The van der Waals surface area contributed by atoms with E-state index in [1.807, 2.05) is 0 Å². The second-order valence-corrected chi connectivity index (χ2v) is 5.23. The average Bonchev–Trinajstić information content (AvgIpc) is 2.69. The number of amides is 1. The zero-order chi connectivity index (χ0) is 13.9. The van der Waals surface area contributed by atoms with E-state index in [1.165, 1.54) is 12.0 Å². The van der Waals surface area contributed by atoms with E-state index in [-0.39, 0.29) is 12.5 Å². The molecule has 1 amide bonds. The van der Waals surface area contributed by atoms with E-state index < -0.39 is 23.7 Å². The van der Waals surface area contributed by atoms with Crippen LogP contribution in [-0.4, -0.2) is 42.3 Å². The van der Waals surface area contributed by atoms with Crippen molar-refractivity contribution in [1.82, 2.24) is 4.90 Å². The molecule has 0 bridgehead atoms. The van der Waals surface area contributed by atoms with Crippen molar-refractivity contribution in [1.29, 1.82) is 5.26 Å². The highest BCUT2D eigenvalue weighted by atomic mass is 16.6. The van der Waals surface area contributed by atoms with E-state index in [0.717, 1.165) is 0 Å². The first kappa shape index (κ1) is 14.3. The predicted molar refractivity (Wildman–Crippen MR) is 62.5 cm³/mol. The maximum Gasteiger partial charge on any atom is 0.411 e. The lowest BCUT2D eigenvalue weighted by Crippen LogP contribution is -2.43. The molecule has 0 aliphatic carbocycles. The van der Waals surface area contributed by atoms with Gasteiger partial charge in [0.1, 0.15) is 11.6 Å². The summed E-state index contributed by atoms with van der Waals surface area (Å²) in [6.45, 7) is 5.44. The van der Waals surface area contributed by atoms with Crippen molar-refractivity contribution in [2.24, 2.45) is 5.92 Å². The topological polar surface area (TPSA) is 79.6 Å². The Kier molecular flexibility index (Phi) is 4.17. The second kappa shape index (κ2) is 5.25. The van der Waals surface area contributed by atoms with Gasteiger partial charge in [0.15, 0.2) is 0 Å². The number of nitriles is 1. The average molecular weight is 254 g/mol. The molecule has 18 heavy (non-hydrogen) atoms. The number of nitrogens with zero attached hydrogens (tertiary/aromatic N) is 2. The number of hydrogen-bond acceptors (Lipinski definition) is 5. The van der Waals surface area contributed by atoms with Crippen LogP contribution in [-0.2, 0) is 14.3 Å². The smallest absolute Gasteiger partial charge is 0.411 e. The van der Waals surface area contributed by atoms with E-state index in [9.17, 15) is 9.59 Å². The fraction of sp³-hybridized carbons (Fsp3) is 0.750. The van der Waals surface area contributed by atoms with Gasteiger partial charge in [-0.1, -0.05) is 0 Å². The van der Waals surface area contributed by atoms with Gasteiger partial charge in [-0.25, -0.2) is 9.59 Å². The van der Waals surface area contributed by atoms with Gasteiger partial charge in [-0.05, 0) is 27.2 Å². The molecule has 6 heteroatoms. The molecule has 0 spiro atoms. The van der Waals surface area contributed by atoms with Crippen LogP contribution in [0.3, 0.4) is 0 Å². The van der Waals surface area contributed by atoms with Crippen molar-refractivity contribution in [3.8, 4) is 6.07 Å². The monoisotopic (exact) mass is 254 g/mol. The van der Waals surface area contributed by atoms with Crippen LogP contribution < -0.4 is 0 Å². The Hall–Kier alpha value is -1.77. The van der Waals surface area contributed by atoms with Gasteiger partial charge in [0, 0.05) is 6.54 Å². The van der Waals surface area contributed by atoms with Gasteiger partial charge >= 0.3 is 12.1 Å². The Balaban J connectivity index is 2.81.